The van der Waals surface area contributed by atoms with Gasteiger partial charge in [-0.15, -0.1) is 0 Å². The van der Waals surface area contributed by atoms with Crippen LogP contribution in [0.3, 0.4) is 0 Å². The predicted octanol–water partition coefficient (Wildman–Crippen LogP) is 3.63. The second-order valence-corrected chi connectivity index (χ2v) is 9.05. The molecule has 0 N–H and O–H groups in total. The number of nitrogens with zero attached hydrogens (tertiary/aromatic N) is 1. The van der Waals surface area contributed by atoms with Gasteiger partial charge in [0.15, 0.2) is 0 Å². The number of amides is 1. The Kier molecular flexibility index (Phi) is 4.19. The van der Waals surface area contributed by atoms with Crippen LogP contribution in [0.2, 0.25) is 0 Å². The van der Waals surface area contributed by atoms with Crippen LogP contribution < -0.4 is 4.90 Å². The third kappa shape index (κ3) is 2.61. The Bertz CT molecular complexity index is 771. The van der Waals surface area contributed by atoms with E-state index in [9.17, 15) is 9.59 Å². The van der Waals surface area contributed by atoms with E-state index in [1.807, 2.05) is 23.1 Å². The highest BCUT2D eigenvalue weighted by atomic mass is 79.9. The van der Waals surface area contributed by atoms with Gasteiger partial charge >= 0.3 is 5.97 Å². The topological polar surface area (TPSA) is 55.8 Å². The lowest BCUT2D eigenvalue weighted by Crippen LogP contribution is -2.48. The Morgan fingerprint density at radius 1 is 1.38 bits per heavy atom. The minimum absolute atomic E-state index is 0.132. The number of rotatable bonds is 3. The summed E-state index contributed by atoms with van der Waals surface area (Å²) in [6.07, 6.45) is 3.34. The lowest BCUT2D eigenvalue weighted by molar-refractivity contribution is -0.140. The van der Waals surface area contributed by atoms with Crippen molar-refractivity contribution in [3.8, 4) is 0 Å². The molecule has 26 heavy (non-hydrogen) atoms. The van der Waals surface area contributed by atoms with E-state index in [4.69, 9.17) is 9.47 Å². The summed E-state index contributed by atoms with van der Waals surface area (Å²) in [4.78, 5) is 27.0. The average molecular weight is 422 g/mol. The minimum atomic E-state index is -0.557. The summed E-state index contributed by atoms with van der Waals surface area (Å²) in [6.45, 7) is 4.82. The van der Waals surface area contributed by atoms with E-state index in [1.54, 1.807) is 0 Å². The first-order valence-corrected chi connectivity index (χ1v) is 10.1. The van der Waals surface area contributed by atoms with Crippen LogP contribution in [0.4, 0.5) is 5.69 Å². The van der Waals surface area contributed by atoms with Crippen molar-refractivity contribution in [2.45, 2.75) is 61.4 Å². The van der Waals surface area contributed by atoms with E-state index in [0.29, 0.717) is 6.61 Å². The maximum absolute atomic E-state index is 13.4. The number of fused-ring (bicyclic) bond motifs is 2. The number of methoxy groups -OCH3 is 1. The maximum atomic E-state index is 13.4. The molecule has 1 aliphatic carbocycles. The molecule has 1 unspecified atom stereocenters. The van der Waals surface area contributed by atoms with Crippen molar-refractivity contribution in [3.63, 3.8) is 0 Å². The molecule has 6 heteroatoms. The molecule has 3 aliphatic rings. The molecule has 5 nitrogen and oxygen atoms in total. The molecule has 2 aliphatic heterocycles. The summed E-state index contributed by atoms with van der Waals surface area (Å²) in [7, 11) is 1.38. The summed E-state index contributed by atoms with van der Waals surface area (Å²) in [5.74, 6) is -0.153. The van der Waals surface area contributed by atoms with Gasteiger partial charge in [-0.2, -0.15) is 0 Å². The van der Waals surface area contributed by atoms with Gasteiger partial charge in [0.05, 0.1) is 18.1 Å². The third-order valence-electron chi connectivity index (χ3n) is 5.91. The summed E-state index contributed by atoms with van der Waals surface area (Å²) in [5, 5.41) is 0. The van der Waals surface area contributed by atoms with Crippen molar-refractivity contribution in [2.24, 2.45) is 0 Å². The molecule has 1 aromatic rings. The minimum Gasteiger partial charge on any atom is -0.468 e. The van der Waals surface area contributed by atoms with Crippen molar-refractivity contribution in [1.82, 2.24) is 0 Å². The second kappa shape index (κ2) is 6.06. The fourth-order valence-corrected chi connectivity index (χ4v) is 5.11. The molecule has 2 atom stereocenters. The first kappa shape index (κ1) is 18.0. The van der Waals surface area contributed by atoms with Crippen molar-refractivity contribution in [3.05, 3.63) is 29.3 Å². The standard InChI is InChI=1S/C20H24BrNO4/c1-19(2)11-12(7-10-26-19)22-14-6-4-5-13(16(21)17(23)25-3)15(14)20(8-9-20)18(22)24/h4-6,12,16H,7-11H2,1-3H3/t12-,16?/m1/s1. The van der Waals surface area contributed by atoms with E-state index < -0.39 is 10.2 Å². The van der Waals surface area contributed by atoms with E-state index in [0.717, 1.165) is 42.5 Å². The van der Waals surface area contributed by atoms with Crippen molar-refractivity contribution in [1.29, 1.82) is 0 Å². The molecule has 140 valence electrons. The highest BCUT2D eigenvalue weighted by Crippen LogP contribution is 2.60. The largest absolute Gasteiger partial charge is 0.468 e. The molecular formula is C20H24BrNO4. The van der Waals surface area contributed by atoms with Gasteiger partial charge in [0.1, 0.15) is 4.83 Å². The van der Waals surface area contributed by atoms with E-state index in [2.05, 4.69) is 29.8 Å². The van der Waals surface area contributed by atoms with Gasteiger partial charge in [-0.1, -0.05) is 28.1 Å². The summed E-state index contributed by atoms with van der Waals surface area (Å²) < 4.78 is 10.8. The number of hydrogen-bond donors (Lipinski definition) is 0. The number of alkyl halides is 1. The highest BCUT2D eigenvalue weighted by molar-refractivity contribution is 9.09. The van der Waals surface area contributed by atoms with Crippen LogP contribution in [0.5, 0.6) is 0 Å². The van der Waals surface area contributed by atoms with E-state index in [-0.39, 0.29) is 23.5 Å². The van der Waals surface area contributed by atoms with E-state index >= 15 is 0 Å². The number of hydrogen-bond acceptors (Lipinski definition) is 4. The number of carbonyl (C=O) groups excluding carboxylic acids is 2. The molecule has 1 amide bonds. The normalized spacial score (nSPS) is 26.5. The Morgan fingerprint density at radius 2 is 2.12 bits per heavy atom. The molecule has 0 radical (unpaired) electrons. The Morgan fingerprint density at radius 3 is 2.73 bits per heavy atom. The first-order chi connectivity index (χ1) is 12.3. The molecule has 1 spiro atoms. The molecule has 2 fully saturated rings. The lowest BCUT2D eigenvalue weighted by Gasteiger charge is -2.40. The molecule has 2 heterocycles. The first-order valence-electron chi connectivity index (χ1n) is 9.14. The SMILES string of the molecule is COC(=O)C(Br)c1cccc2c1C1(CC1)C(=O)N2[C@@H]1CCOC(C)(C)C1. The number of esters is 1. The zero-order valence-electron chi connectivity index (χ0n) is 15.4. The predicted molar refractivity (Wildman–Crippen MR) is 102 cm³/mol. The second-order valence-electron chi connectivity index (χ2n) is 8.14. The van der Waals surface area contributed by atoms with Gasteiger partial charge in [-0.05, 0) is 56.7 Å². The van der Waals surface area contributed by atoms with Crippen molar-refractivity contribution >= 4 is 33.5 Å². The summed E-state index contributed by atoms with van der Waals surface area (Å²) in [6, 6.07) is 6.01. The van der Waals surface area contributed by atoms with Crippen LogP contribution in [0, 0.1) is 0 Å². The fourth-order valence-electron chi connectivity index (χ4n) is 4.54. The zero-order chi connectivity index (χ0) is 18.7. The van der Waals surface area contributed by atoms with Crippen molar-refractivity contribution in [2.75, 3.05) is 18.6 Å². The molecular weight excluding hydrogens is 398 g/mol. The van der Waals surface area contributed by atoms with Crippen LogP contribution in [0.1, 0.15) is 55.5 Å². The van der Waals surface area contributed by atoms with Crippen LogP contribution in [0.25, 0.3) is 0 Å². The number of halogens is 1. The van der Waals surface area contributed by atoms with Gasteiger partial charge < -0.3 is 14.4 Å². The van der Waals surface area contributed by atoms with Crippen LogP contribution >= 0.6 is 15.9 Å². The zero-order valence-corrected chi connectivity index (χ0v) is 17.0. The van der Waals surface area contributed by atoms with Gasteiger partial charge in [0, 0.05) is 18.3 Å². The lowest BCUT2D eigenvalue weighted by atomic mass is 9.91. The monoisotopic (exact) mass is 421 g/mol. The smallest absolute Gasteiger partial charge is 0.324 e. The third-order valence-corrected chi connectivity index (χ3v) is 6.78. The molecule has 0 aromatic heterocycles. The van der Waals surface area contributed by atoms with Gasteiger partial charge in [0.25, 0.3) is 0 Å². The van der Waals surface area contributed by atoms with Gasteiger partial charge in [0.2, 0.25) is 5.91 Å². The Balaban J connectivity index is 1.78. The quantitative estimate of drug-likeness (QED) is 0.552. The molecule has 1 saturated carbocycles. The average Bonchev–Trinajstić information content (AvgIpc) is 3.36. The van der Waals surface area contributed by atoms with Crippen LogP contribution in [0.15, 0.2) is 18.2 Å². The number of anilines is 1. The van der Waals surface area contributed by atoms with Gasteiger partial charge in [-0.25, -0.2) is 0 Å². The Hall–Kier alpha value is -1.40. The molecule has 4 rings (SSSR count). The van der Waals surface area contributed by atoms with Crippen molar-refractivity contribution < 1.29 is 19.1 Å². The Labute approximate surface area is 162 Å². The molecule has 1 aromatic carbocycles. The van der Waals surface area contributed by atoms with Gasteiger partial charge in [-0.3, -0.25) is 9.59 Å². The fraction of sp³-hybridized carbons (Fsp3) is 0.600. The number of benzene rings is 1. The number of carbonyl (C=O) groups is 2. The highest BCUT2D eigenvalue weighted by Gasteiger charge is 2.61. The van der Waals surface area contributed by atoms with E-state index in [1.165, 1.54) is 7.11 Å². The summed E-state index contributed by atoms with van der Waals surface area (Å²) in [5.41, 5.74) is 2.15. The maximum Gasteiger partial charge on any atom is 0.324 e. The molecule has 1 saturated heterocycles. The number of ether oxygens (including phenoxy) is 2. The summed E-state index contributed by atoms with van der Waals surface area (Å²) >= 11 is 3.47. The van der Waals surface area contributed by atoms with Crippen LogP contribution in [-0.4, -0.2) is 37.2 Å². The van der Waals surface area contributed by atoms with Crippen LogP contribution in [-0.2, 0) is 24.5 Å². The molecule has 0 bridgehead atoms.